The predicted molar refractivity (Wildman–Crippen MR) is 45.8 cm³/mol. The zero-order valence-electron chi connectivity index (χ0n) is 7.33. The minimum absolute atomic E-state index is 0.0168. The lowest BCUT2D eigenvalue weighted by Crippen LogP contribution is -2.39. The molecule has 1 radical (unpaired) electrons. The Labute approximate surface area is 73.1 Å². The molecule has 1 amide bonds. The predicted octanol–water partition coefficient (Wildman–Crippen LogP) is 0.376. The Balaban J connectivity index is 1.89. The summed E-state index contributed by atoms with van der Waals surface area (Å²) in [6.07, 6.45) is 4.44. The third-order valence-electron chi connectivity index (χ3n) is 2.69. The van der Waals surface area contributed by atoms with Crippen molar-refractivity contribution in [2.45, 2.75) is 31.7 Å². The maximum atomic E-state index is 11.7. The first-order valence-corrected chi connectivity index (χ1v) is 4.83. The molecule has 2 saturated heterocycles. The van der Waals surface area contributed by atoms with Gasteiger partial charge in [-0.25, -0.2) is 5.32 Å². The van der Waals surface area contributed by atoms with Crippen LogP contribution in [0.2, 0.25) is 0 Å². The van der Waals surface area contributed by atoms with E-state index in [0.717, 1.165) is 32.5 Å². The molecule has 67 valence electrons. The van der Waals surface area contributed by atoms with Gasteiger partial charge in [0, 0.05) is 19.6 Å². The Kier molecular flexibility index (Phi) is 2.30. The van der Waals surface area contributed by atoms with E-state index in [1.165, 1.54) is 12.8 Å². The van der Waals surface area contributed by atoms with Crippen LogP contribution in [0.1, 0.15) is 25.7 Å². The largest absolute Gasteiger partial charge is 0.341 e. The molecule has 1 atom stereocenters. The highest BCUT2D eigenvalue weighted by Gasteiger charge is 2.28. The van der Waals surface area contributed by atoms with Crippen molar-refractivity contribution in [1.82, 2.24) is 10.2 Å². The molecule has 2 aliphatic rings. The SMILES string of the molecule is O=C(C1CCC[N]1)N1CCCC1. The number of carbonyl (C=O) groups excluding carboxylic acids is 1. The van der Waals surface area contributed by atoms with Crippen molar-refractivity contribution in [3.05, 3.63) is 0 Å². The number of carbonyl (C=O) groups is 1. The minimum Gasteiger partial charge on any atom is -0.341 e. The van der Waals surface area contributed by atoms with Gasteiger partial charge in [-0.3, -0.25) is 4.79 Å². The van der Waals surface area contributed by atoms with Gasteiger partial charge < -0.3 is 4.90 Å². The average Bonchev–Trinajstić information content (AvgIpc) is 2.77. The molecule has 1 unspecified atom stereocenters. The Morgan fingerprint density at radius 1 is 1.25 bits per heavy atom. The third kappa shape index (κ3) is 1.46. The van der Waals surface area contributed by atoms with Crippen molar-refractivity contribution in [2.75, 3.05) is 19.6 Å². The van der Waals surface area contributed by atoms with Gasteiger partial charge >= 0.3 is 0 Å². The molecule has 0 spiro atoms. The highest BCUT2D eigenvalue weighted by atomic mass is 16.2. The molecule has 0 bridgehead atoms. The summed E-state index contributed by atoms with van der Waals surface area (Å²) in [4.78, 5) is 13.7. The second-order valence-electron chi connectivity index (χ2n) is 3.60. The zero-order valence-corrected chi connectivity index (χ0v) is 7.33. The first-order chi connectivity index (χ1) is 5.88. The fraction of sp³-hybridized carbons (Fsp3) is 0.889. The van der Waals surface area contributed by atoms with E-state index in [2.05, 4.69) is 5.32 Å². The summed E-state index contributed by atoms with van der Waals surface area (Å²) in [7, 11) is 0. The quantitative estimate of drug-likeness (QED) is 0.556. The fourth-order valence-electron chi connectivity index (χ4n) is 1.97. The van der Waals surface area contributed by atoms with Crippen LogP contribution in [0.15, 0.2) is 0 Å². The molecule has 2 heterocycles. The maximum Gasteiger partial charge on any atom is 0.241 e. The fourth-order valence-corrected chi connectivity index (χ4v) is 1.97. The molecule has 3 heteroatoms. The van der Waals surface area contributed by atoms with Crippen LogP contribution < -0.4 is 5.32 Å². The monoisotopic (exact) mass is 167 g/mol. The van der Waals surface area contributed by atoms with Crippen LogP contribution in [0.4, 0.5) is 0 Å². The average molecular weight is 167 g/mol. The van der Waals surface area contributed by atoms with E-state index in [1.54, 1.807) is 0 Å². The van der Waals surface area contributed by atoms with E-state index >= 15 is 0 Å². The molecule has 0 aromatic rings. The Hall–Kier alpha value is -0.570. The molecule has 12 heavy (non-hydrogen) atoms. The van der Waals surface area contributed by atoms with Crippen molar-refractivity contribution in [1.29, 1.82) is 0 Å². The molecule has 0 saturated carbocycles. The smallest absolute Gasteiger partial charge is 0.241 e. The van der Waals surface area contributed by atoms with Crippen molar-refractivity contribution in [2.24, 2.45) is 0 Å². The maximum absolute atomic E-state index is 11.7. The van der Waals surface area contributed by atoms with E-state index in [0.29, 0.717) is 0 Å². The molecule has 0 aromatic carbocycles. The van der Waals surface area contributed by atoms with Crippen molar-refractivity contribution in [3.63, 3.8) is 0 Å². The summed E-state index contributed by atoms with van der Waals surface area (Å²) in [5.41, 5.74) is 0. The Bertz CT molecular complexity index is 151. The van der Waals surface area contributed by atoms with E-state index in [-0.39, 0.29) is 11.9 Å². The molecule has 0 aliphatic carbocycles. The second-order valence-corrected chi connectivity index (χ2v) is 3.60. The van der Waals surface area contributed by atoms with Gasteiger partial charge in [-0.05, 0) is 25.7 Å². The molecule has 0 aromatic heterocycles. The van der Waals surface area contributed by atoms with E-state index in [9.17, 15) is 4.79 Å². The number of likely N-dealkylation sites (tertiary alicyclic amines) is 1. The molecular weight excluding hydrogens is 152 g/mol. The van der Waals surface area contributed by atoms with Crippen molar-refractivity contribution in [3.8, 4) is 0 Å². The van der Waals surface area contributed by atoms with E-state index < -0.39 is 0 Å². The van der Waals surface area contributed by atoms with E-state index in [1.807, 2.05) is 4.90 Å². The Morgan fingerprint density at radius 2 is 2.00 bits per heavy atom. The number of amides is 1. The van der Waals surface area contributed by atoms with Crippen LogP contribution in [0.3, 0.4) is 0 Å². The van der Waals surface area contributed by atoms with Gasteiger partial charge in [0.25, 0.3) is 0 Å². The number of hydrogen-bond acceptors (Lipinski definition) is 1. The number of nitrogens with zero attached hydrogens (tertiary/aromatic N) is 2. The van der Waals surface area contributed by atoms with Gasteiger partial charge in [0.15, 0.2) is 0 Å². The summed E-state index contributed by atoms with van der Waals surface area (Å²) in [5, 5.41) is 4.29. The highest BCUT2D eigenvalue weighted by molar-refractivity contribution is 5.82. The topological polar surface area (TPSA) is 34.4 Å². The molecular formula is C9H15N2O. The van der Waals surface area contributed by atoms with Crippen LogP contribution in [0.25, 0.3) is 0 Å². The highest BCUT2D eigenvalue weighted by Crippen LogP contribution is 2.14. The normalized spacial score (nSPS) is 29.7. The molecule has 0 N–H and O–H groups in total. The summed E-state index contributed by atoms with van der Waals surface area (Å²) in [6, 6.07) is 0.0168. The minimum atomic E-state index is 0.0168. The summed E-state index contributed by atoms with van der Waals surface area (Å²) >= 11 is 0. The molecule has 3 nitrogen and oxygen atoms in total. The third-order valence-corrected chi connectivity index (χ3v) is 2.69. The first kappa shape index (κ1) is 8.05. The van der Waals surface area contributed by atoms with Crippen LogP contribution in [0.5, 0.6) is 0 Å². The molecule has 2 fully saturated rings. The molecule has 2 aliphatic heterocycles. The van der Waals surface area contributed by atoms with Crippen LogP contribution in [-0.2, 0) is 4.79 Å². The number of hydrogen-bond donors (Lipinski definition) is 0. The lowest BCUT2D eigenvalue weighted by atomic mass is 10.2. The Morgan fingerprint density at radius 3 is 2.58 bits per heavy atom. The van der Waals surface area contributed by atoms with Gasteiger partial charge in [0.05, 0.1) is 0 Å². The lowest BCUT2D eigenvalue weighted by Gasteiger charge is -2.18. The van der Waals surface area contributed by atoms with Crippen LogP contribution in [0, 0.1) is 0 Å². The summed E-state index contributed by atoms with van der Waals surface area (Å²) in [6.45, 7) is 2.82. The second kappa shape index (κ2) is 3.44. The van der Waals surface area contributed by atoms with Crippen LogP contribution >= 0.6 is 0 Å². The lowest BCUT2D eigenvalue weighted by molar-refractivity contribution is -0.132. The van der Waals surface area contributed by atoms with E-state index in [4.69, 9.17) is 0 Å². The first-order valence-electron chi connectivity index (χ1n) is 4.83. The molecule has 2 rings (SSSR count). The van der Waals surface area contributed by atoms with Crippen molar-refractivity contribution >= 4 is 5.91 Å². The zero-order chi connectivity index (χ0) is 8.39. The van der Waals surface area contributed by atoms with Gasteiger partial charge in [0.2, 0.25) is 5.91 Å². The standard InChI is InChI=1S/C9H15N2O/c12-9(8-4-3-5-10-8)11-6-1-2-7-11/h8H,1-7H2. The van der Waals surface area contributed by atoms with Crippen LogP contribution in [-0.4, -0.2) is 36.5 Å². The van der Waals surface area contributed by atoms with Gasteiger partial charge in [-0.1, -0.05) is 0 Å². The summed E-state index contributed by atoms with van der Waals surface area (Å²) in [5.74, 6) is 0.282. The summed E-state index contributed by atoms with van der Waals surface area (Å²) < 4.78 is 0. The number of rotatable bonds is 1. The van der Waals surface area contributed by atoms with Gasteiger partial charge in [-0.2, -0.15) is 0 Å². The van der Waals surface area contributed by atoms with Gasteiger partial charge in [-0.15, -0.1) is 0 Å². The van der Waals surface area contributed by atoms with Gasteiger partial charge in [0.1, 0.15) is 6.04 Å². The van der Waals surface area contributed by atoms with Crippen molar-refractivity contribution < 1.29 is 4.79 Å².